The van der Waals surface area contributed by atoms with E-state index in [0.717, 1.165) is 12.1 Å². The molecule has 0 amide bonds. The predicted molar refractivity (Wildman–Crippen MR) is 62.9 cm³/mol. The van der Waals surface area contributed by atoms with Crippen molar-refractivity contribution in [3.63, 3.8) is 0 Å². The lowest BCUT2D eigenvalue weighted by Crippen LogP contribution is -2.36. The maximum absolute atomic E-state index is 13.7. The van der Waals surface area contributed by atoms with Gasteiger partial charge >= 0.3 is 6.18 Å². The third-order valence-corrected chi connectivity index (χ3v) is 2.58. The van der Waals surface area contributed by atoms with Crippen LogP contribution in [-0.2, 0) is 6.18 Å². The van der Waals surface area contributed by atoms with Crippen molar-refractivity contribution in [1.29, 1.82) is 0 Å². The summed E-state index contributed by atoms with van der Waals surface area (Å²) in [6, 6.07) is 2.50. The van der Waals surface area contributed by atoms with Crippen LogP contribution in [0.2, 0.25) is 0 Å². The number of hydrogen-bond donors (Lipinski definition) is 1. The van der Waals surface area contributed by atoms with Crippen molar-refractivity contribution < 1.29 is 17.6 Å². The van der Waals surface area contributed by atoms with Gasteiger partial charge in [-0.15, -0.1) is 0 Å². The molecule has 6 heteroatoms. The molecule has 1 rings (SSSR count). The second-order valence-corrected chi connectivity index (χ2v) is 4.24. The first kappa shape index (κ1) is 14.8. The monoisotopic (exact) mass is 264 g/mol. The largest absolute Gasteiger partial charge is 0.416 e. The molecule has 0 saturated heterocycles. The Balaban J connectivity index is 3.11. The number of benzene rings is 1. The lowest BCUT2D eigenvalue weighted by atomic mass is 10.1. The van der Waals surface area contributed by atoms with Gasteiger partial charge in [0, 0.05) is 19.1 Å². The topological polar surface area (TPSA) is 29.3 Å². The van der Waals surface area contributed by atoms with Crippen LogP contribution in [0.15, 0.2) is 18.2 Å². The summed E-state index contributed by atoms with van der Waals surface area (Å²) in [6.45, 7) is 4.35. The van der Waals surface area contributed by atoms with Crippen molar-refractivity contribution >= 4 is 5.69 Å². The van der Waals surface area contributed by atoms with Gasteiger partial charge in [0.25, 0.3) is 0 Å². The van der Waals surface area contributed by atoms with Gasteiger partial charge < -0.3 is 10.6 Å². The van der Waals surface area contributed by atoms with E-state index in [0.29, 0.717) is 19.2 Å². The van der Waals surface area contributed by atoms with Crippen molar-refractivity contribution in [2.75, 3.05) is 18.0 Å². The summed E-state index contributed by atoms with van der Waals surface area (Å²) < 4.78 is 51.0. The molecule has 1 aromatic rings. The van der Waals surface area contributed by atoms with Crippen LogP contribution in [0.25, 0.3) is 0 Å². The van der Waals surface area contributed by atoms with Crippen LogP contribution in [0.4, 0.5) is 23.2 Å². The maximum atomic E-state index is 13.7. The van der Waals surface area contributed by atoms with Crippen LogP contribution in [0, 0.1) is 5.82 Å². The van der Waals surface area contributed by atoms with Gasteiger partial charge in [-0.3, -0.25) is 0 Å². The van der Waals surface area contributed by atoms with Crippen LogP contribution in [-0.4, -0.2) is 19.1 Å². The Morgan fingerprint density at radius 1 is 1.28 bits per heavy atom. The fourth-order valence-corrected chi connectivity index (χ4v) is 1.71. The highest BCUT2D eigenvalue weighted by Gasteiger charge is 2.31. The summed E-state index contributed by atoms with van der Waals surface area (Å²) in [5, 5.41) is 0. The maximum Gasteiger partial charge on any atom is 0.416 e. The van der Waals surface area contributed by atoms with Crippen molar-refractivity contribution in [2.24, 2.45) is 5.73 Å². The summed E-state index contributed by atoms with van der Waals surface area (Å²) in [4.78, 5) is 1.63. The first-order valence-corrected chi connectivity index (χ1v) is 5.60. The van der Waals surface area contributed by atoms with E-state index in [4.69, 9.17) is 5.73 Å². The molecule has 0 aliphatic carbocycles. The quantitative estimate of drug-likeness (QED) is 0.847. The normalized spacial score (nSPS) is 12.0. The molecule has 102 valence electrons. The third kappa shape index (κ3) is 3.35. The van der Waals surface area contributed by atoms with E-state index in [1.807, 2.05) is 13.8 Å². The summed E-state index contributed by atoms with van der Waals surface area (Å²) in [5.41, 5.74) is 4.57. The molecule has 0 heterocycles. The minimum absolute atomic E-state index is 0.0419. The third-order valence-electron chi connectivity index (χ3n) is 2.58. The summed E-state index contributed by atoms with van der Waals surface area (Å²) in [7, 11) is 0. The summed E-state index contributed by atoms with van der Waals surface area (Å²) in [6.07, 6.45) is -4.53. The molecule has 2 nitrogen and oxygen atoms in total. The lowest BCUT2D eigenvalue weighted by molar-refractivity contribution is -0.137. The Morgan fingerprint density at radius 2 is 1.89 bits per heavy atom. The first-order chi connectivity index (χ1) is 8.27. The molecule has 0 aliphatic rings. The number of nitrogens with zero attached hydrogens (tertiary/aromatic N) is 1. The number of halogens is 4. The van der Waals surface area contributed by atoms with Gasteiger partial charge in [0.2, 0.25) is 0 Å². The highest BCUT2D eigenvalue weighted by molar-refractivity contribution is 5.50. The first-order valence-electron chi connectivity index (χ1n) is 5.60. The fraction of sp³-hybridized carbons (Fsp3) is 0.500. The average molecular weight is 264 g/mol. The molecular weight excluding hydrogens is 248 g/mol. The Hall–Kier alpha value is -1.30. The standard InChI is InChI=1S/C12H16F4N2/c1-8(2)18(6-5-17)11-4-3-9(7-10(11)13)12(14,15)16/h3-4,7-8H,5-6,17H2,1-2H3. The second kappa shape index (κ2) is 5.56. The van der Waals surface area contributed by atoms with Crippen molar-refractivity contribution in [2.45, 2.75) is 26.1 Å². The smallest absolute Gasteiger partial charge is 0.365 e. The molecule has 0 atom stereocenters. The number of rotatable bonds is 4. The minimum atomic E-state index is -4.53. The average Bonchev–Trinajstić information content (AvgIpc) is 2.24. The molecule has 0 saturated carbocycles. The molecule has 0 aromatic heterocycles. The zero-order chi connectivity index (χ0) is 13.9. The van der Waals surface area contributed by atoms with E-state index in [-0.39, 0.29) is 11.7 Å². The lowest BCUT2D eigenvalue weighted by Gasteiger charge is -2.29. The van der Waals surface area contributed by atoms with Crippen molar-refractivity contribution in [1.82, 2.24) is 0 Å². The van der Waals surface area contributed by atoms with E-state index in [1.54, 1.807) is 4.90 Å². The molecule has 1 aromatic carbocycles. The van der Waals surface area contributed by atoms with Gasteiger partial charge in [0.1, 0.15) is 5.82 Å². The number of alkyl halides is 3. The van der Waals surface area contributed by atoms with Gasteiger partial charge in [-0.05, 0) is 32.0 Å². The molecule has 0 fully saturated rings. The Labute approximate surface area is 103 Å². The number of anilines is 1. The zero-order valence-corrected chi connectivity index (χ0v) is 10.3. The van der Waals surface area contributed by atoms with Gasteiger partial charge in [-0.25, -0.2) is 4.39 Å². The van der Waals surface area contributed by atoms with Crippen LogP contribution in [0.3, 0.4) is 0 Å². The van der Waals surface area contributed by atoms with E-state index in [2.05, 4.69) is 0 Å². The van der Waals surface area contributed by atoms with Crippen LogP contribution >= 0.6 is 0 Å². The fourth-order valence-electron chi connectivity index (χ4n) is 1.71. The highest BCUT2D eigenvalue weighted by atomic mass is 19.4. The van der Waals surface area contributed by atoms with E-state index < -0.39 is 17.6 Å². The Kier molecular flexibility index (Phi) is 4.56. The summed E-state index contributed by atoms with van der Waals surface area (Å²) in [5.74, 6) is -0.882. The molecule has 18 heavy (non-hydrogen) atoms. The Morgan fingerprint density at radius 3 is 2.28 bits per heavy atom. The second-order valence-electron chi connectivity index (χ2n) is 4.24. The van der Waals surface area contributed by atoms with E-state index >= 15 is 0 Å². The van der Waals surface area contributed by atoms with Gasteiger partial charge in [0.15, 0.2) is 0 Å². The summed E-state index contributed by atoms with van der Waals surface area (Å²) >= 11 is 0. The predicted octanol–water partition coefficient (Wildman–Crippen LogP) is 3.02. The van der Waals surface area contributed by atoms with E-state index in [9.17, 15) is 17.6 Å². The molecule has 0 radical (unpaired) electrons. The van der Waals surface area contributed by atoms with Crippen molar-refractivity contribution in [3.05, 3.63) is 29.6 Å². The van der Waals surface area contributed by atoms with Crippen molar-refractivity contribution in [3.8, 4) is 0 Å². The molecule has 0 aliphatic heterocycles. The van der Waals surface area contributed by atoms with Crippen LogP contribution in [0.1, 0.15) is 19.4 Å². The number of nitrogens with two attached hydrogens (primary N) is 1. The molecule has 2 N–H and O–H groups in total. The minimum Gasteiger partial charge on any atom is -0.365 e. The highest BCUT2D eigenvalue weighted by Crippen LogP contribution is 2.32. The van der Waals surface area contributed by atoms with Crippen LogP contribution < -0.4 is 10.6 Å². The molecule has 0 unspecified atom stereocenters. The van der Waals surface area contributed by atoms with Gasteiger partial charge in [-0.2, -0.15) is 13.2 Å². The zero-order valence-electron chi connectivity index (χ0n) is 10.3. The van der Waals surface area contributed by atoms with Gasteiger partial charge in [-0.1, -0.05) is 0 Å². The van der Waals surface area contributed by atoms with E-state index in [1.165, 1.54) is 0 Å². The molecular formula is C12H16F4N2. The molecule has 0 bridgehead atoms. The molecule has 0 spiro atoms. The Bertz CT molecular complexity index is 402. The SMILES string of the molecule is CC(C)N(CCN)c1ccc(C(F)(F)F)cc1F. The number of hydrogen-bond acceptors (Lipinski definition) is 2. The van der Waals surface area contributed by atoms with Gasteiger partial charge in [0.05, 0.1) is 11.3 Å². The van der Waals surface area contributed by atoms with Crippen LogP contribution in [0.5, 0.6) is 0 Å².